The van der Waals surface area contributed by atoms with E-state index in [0.717, 1.165) is 20.9 Å². The highest BCUT2D eigenvalue weighted by atomic mass is 16.3. The third-order valence-electron chi connectivity index (χ3n) is 5.25. The SMILES string of the molecule is Oc1cccc2/c1=c1/c(O)ccc(O)/c1=c1\c(O)ccc\c1=c1/cccc/c1=2. The third kappa shape index (κ3) is 2.12. The predicted molar refractivity (Wildman–Crippen MR) is 103 cm³/mol. The lowest BCUT2D eigenvalue weighted by atomic mass is 10.00. The summed E-state index contributed by atoms with van der Waals surface area (Å²) in [6, 6.07) is 20.8. The fourth-order valence-electron chi connectivity index (χ4n) is 4.09. The molecule has 4 heteroatoms. The number of aromatic hydroxyl groups is 4. The maximum absolute atomic E-state index is 10.7. The number of rotatable bonds is 0. The maximum atomic E-state index is 10.7. The zero-order valence-electron chi connectivity index (χ0n) is 14.7. The van der Waals surface area contributed by atoms with Gasteiger partial charge in [-0.1, -0.05) is 48.5 Å². The first-order valence-corrected chi connectivity index (χ1v) is 8.87. The van der Waals surface area contributed by atoms with Crippen LogP contribution in [0.4, 0.5) is 0 Å². The van der Waals surface area contributed by atoms with E-state index in [-0.39, 0.29) is 33.4 Å². The van der Waals surface area contributed by atoms with Gasteiger partial charge in [0.05, 0.1) is 0 Å². The minimum atomic E-state index is -0.0934. The largest absolute Gasteiger partial charge is 0.507 e. The Kier molecular flexibility index (Phi) is 3.36. The van der Waals surface area contributed by atoms with Gasteiger partial charge in [0.1, 0.15) is 23.0 Å². The number of phenolic OH excluding ortho intramolecular Hbond substituents is 4. The van der Waals surface area contributed by atoms with Crippen molar-refractivity contribution in [1.29, 1.82) is 0 Å². The second-order valence-corrected chi connectivity index (χ2v) is 6.80. The molecule has 4 N–H and O–H groups in total. The monoisotopic (exact) mass is 368 g/mol. The normalized spacial score (nSPS) is 16.6. The molecule has 0 radical (unpaired) electrons. The van der Waals surface area contributed by atoms with Crippen LogP contribution in [0.5, 0.6) is 23.0 Å². The number of hydrogen-bond acceptors (Lipinski definition) is 4. The van der Waals surface area contributed by atoms with Crippen molar-refractivity contribution in [1.82, 2.24) is 0 Å². The first-order chi connectivity index (χ1) is 13.6. The van der Waals surface area contributed by atoms with E-state index in [1.54, 1.807) is 24.3 Å². The van der Waals surface area contributed by atoms with E-state index in [9.17, 15) is 20.4 Å². The molecule has 0 aromatic heterocycles. The van der Waals surface area contributed by atoms with Gasteiger partial charge in [-0.3, -0.25) is 0 Å². The van der Waals surface area contributed by atoms with Crippen LogP contribution in [0.15, 0.2) is 72.8 Å². The van der Waals surface area contributed by atoms with Gasteiger partial charge in [0, 0.05) is 20.9 Å². The Bertz CT molecular complexity index is 1530. The zero-order chi connectivity index (χ0) is 19.4. The Hall–Kier alpha value is -3.92. The van der Waals surface area contributed by atoms with Crippen molar-refractivity contribution < 1.29 is 20.4 Å². The molecule has 4 aromatic rings. The van der Waals surface area contributed by atoms with Crippen LogP contribution in [0.1, 0.15) is 0 Å². The molecule has 136 valence electrons. The van der Waals surface area contributed by atoms with Crippen molar-refractivity contribution in [2.24, 2.45) is 0 Å². The second-order valence-electron chi connectivity index (χ2n) is 6.80. The molecule has 4 nitrogen and oxygen atoms in total. The van der Waals surface area contributed by atoms with Crippen molar-refractivity contribution >= 4 is 0 Å². The molecule has 0 saturated carbocycles. The molecule has 0 atom stereocenters. The Morgan fingerprint density at radius 2 is 0.679 bits per heavy atom. The van der Waals surface area contributed by atoms with E-state index in [0.29, 0.717) is 10.4 Å². The number of fused-ring (bicyclic) bond motifs is 4. The standard InChI is InChI=1S/C24H16O4/c25-17-9-3-7-15-13-5-1-2-6-14(13)16-8-4-10-18(26)22(16)24-20(28)12-11-19(27)23(24)21(15)17/h1-12,25-28H/b15-13-,16-14-,23-21+,24-22+. The maximum Gasteiger partial charge on any atom is 0.124 e. The predicted octanol–water partition coefficient (Wildman–Crippen LogP) is 3.97. The Morgan fingerprint density at radius 1 is 0.321 bits per heavy atom. The Balaban J connectivity index is 2.55. The summed E-state index contributed by atoms with van der Waals surface area (Å²) in [6.07, 6.45) is 0. The highest BCUT2D eigenvalue weighted by Gasteiger charge is 2.10. The highest BCUT2D eigenvalue weighted by molar-refractivity contribution is 5.45. The van der Waals surface area contributed by atoms with E-state index in [1.807, 2.05) is 36.4 Å². The van der Waals surface area contributed by atoms with Crippen LogP contribution in [0.2, 0.25) is 0 Å². The average Bonchev–Trinajstić information content (AvgIpc) is 2.69. The van der Waals surface area contributed by atoms with Gasteiger partial charge in [-0.2, -0.15) is 0 Å². The minimum Gasteiger partial charge on any atom is -0.507 e. The summed E-state index contributed by atoms with van der Waals surface area (Å²) in [7, 11) is 0. The first-order valence-electron chi connectivity index (χ1n) is 8.87. The summed E-state index contributed by atoms with van der Waals surface area (Å²) in [5.74, 6) is -0.227. The third-order valence-corrected chi connectivity index (χ3v) is 5.25. The highest BCUT2D eigenvalue weighted by Crippen LogP contribution is 2.29. The van der Waals surface area contributed by atoms with Crippen LogP contribution in [0, 0.1) is 41.7 Å². The molecule has 0 unspecified atom stereocenters. The Labute approximate surface area is 158 Å². The van der Waals surface area contributed by atoms with E-state index in [1.165, 1.54) is 12.1 Å². The summed E-state index contributed by atoms with van der Waals surface area (Å²) in [4.78, 5) is 0. The van der Waals surface area contributed by atoms with Crippen molar-refractivity contribution in [3.8, 4) is 23.0 Å². The van der Waals surface area contributed by atoms with E-state index < -0.39 is 0 Å². The van der Waals surface area contributed by atoms with Gasteiger partial charge in [0.25, 0.3) is 0 Å². The van der Waals surface area contributed by atoms with Crippen LogP contribution in [0.25, 0.3) is 0 Å². The number of hydrogen-bond donors (Lipinski definition) is 4. The molecule has 0 aliphatic heterocycles. The Morgan fingerprint density at radius 3 is 1.11 bits per heavy atom. The minimum absolute atomic E-state index is 0.0201. The first kappa shape index (κ1) is 16.3. The van der Waals surface area contributed by atoms with E-state index in [4.69, 9.17) is 0 Å². The van der Waals surface area contributed by atoms with Crippen molar-refractivity contribution in [3.05, 3.63) is 115 Å². The fourth-order valence-corrected chi connectivity index (χ4v) is 4.09. The summed E-state index contributed by atoms with van der Waals surface area (Å²) in [5, 5.41) is 47.5. The van der Waals surface area contributed by atoms with Gasteiger partial charge in [-0.15, -0.1) is 0 Å². The molecular formula is C24H16O4. The smallest absolute Gasteiger partial charge is 0.124 e. The topological polar surface area (TPSA) is 80.9 Å². The number of phenols is 4. The van der Waals surface area contributed by atoms with E-state index >= 15 is 0 Å². The van der Waals surface area contributed by atoms with Crippen molar-refractivity contribution in [3.63, 3.8) is 0 Å². The zero-order valence-corrected chi connectivity index (χ0v) is 14.7. The van der Waals surface area contributed by atoms with Gasteiger partial charge in [0.15, 0.2) is 0 Å². The summed E-state index contributed by atoms with van der Waals surface area (Å²) in [5.41, 5.74) is 0. The average molecular weight is 368 g/mol. The lowest BCUT2D eigenvalue weighted by Gasteiger charge is -2.07. The van der Waals surface area contributed by atoms with Gasteiger partial charge in [-0.05, 0) is 45.1 Å². The second kappa shape index (κ2) is 5.79. The van der Waals surface area contributed by atoms with Crippen molar-refractivity contribution in [2.45, 2.75) is 0 Å². The molecule has 4 aromatic carbocycles. The molecule has 28 heavy (non-hydrogen) atoms. The van der Waals surface area contributed by atoms with Gasteiger partial charge < -0.3 is 20.4 Å². The lowest BCUT2D eigenvalue weighted by Crippen LogP contribution is -1.91. The molecule has 5 rings (SSSR count). The molecule has 0 heterocycles. The van der Waals surface area contributed by atoms with Gasteiger partial charge in [-0.25, -0.2) is 0 Å². The van der Waals surface area contributed by atoms with Gasteiger partial charge >= 0.3 is 0 Å². The fraction of sp³-hybridized carbons (Fsp3) is 0. The molecule has 0 fully saturated rings. The molecular weight excluding hydrogens is 352 g/mol. The van der Waals surface area contributed by atoms with Crippen LogP contribution in [-0.4, -0.2) is 20.4 Å². The summed E-state index contributed by atoms with van der Waals surface area (Å²) >= 11 is 0. The van der Waals surface area contributed by atoms with Crippen LogP contribution in [-0.2, 0) is 0 Å². The number of benzene rings is 4. The van der Waals surface area contributed by atoms with Crippen LogP contribution in [0.3, 0.4) is 0 Å². The molecule has 1 aliphatic carbocycles. The molecule has 1 aliphatic rings. The molecule has 0 bridgehead atoms. The van der Waals surface area contributed by atoms with Crippen LogP contribution < -0.4 is 0 Å². The molecule has 0 amide bonds. The summed E-state index contributed by atoms with van der Waals surface area (Å²) in [6.45, 7) is 0. The van der Waals surface area contributed by atoms with Crippen molar-refractivity contribution in [2.75, 3.05) is 0 Å². The lowest BCUT2D eigenvalue weighted by molar-refractivity contribution is 0.447. The van der Waals surface area contributed by atoms with E-state index in [2.05, 4.69) is 0 Å². The quantitative estimate of drug-likeness (QED) is 0.312. The molecule has 0 saturated heterocycles. The summed E-state index contributed by atoms with van der Waals surface area (Å²) < 4.78 is 0. The van der Waals surface area contributed by atoms with Crippen LogP contribution >= 0.6 is 0 Å². The molecule has 0 spiro atoms. The van der Waals surface area contributed by atoms with Gasteiger partial charge in [0.2, 0.25) is 0 Å².